The van der Waals surface area contributed by atoms with Crippen molar-refractivity contribution in [1.82, 2.24) is 24.6 Å². The van der Waals surface area contributed by atoms with E-state index in [1.165, 1.54) is 0 Å². The van der Waals surface area contributed by atoms with Crippen molar-refractivity contribution in [3.05, 3.63) is 71.6 Å². The summed E-state index contributed by atoms with van der Waals surface area (Å²) in [4.78, 5) is 18.2. The van der Waals surface area contributed by atoms with Crippen molar-refractivity contribution < 1.29 is 14.6 Å². The molecule has 1 N–H and O–H groups in total. The highest BCUT2D eigenvalue weighted by Gasteiger charge is 2.30. The molecule has 3 aromatic rings. The van der Waals surface area contributed by atoms with Crippen LogP contribution in [0.25, 0.3) is 0 Å². The summed E-state index contributed by atoms with van der Waals surface area (Å²) in [5.74, 6) is 1.62. The fraction of sp³-hybridized carbons (Fsp3) is 0.333. The minimum absolute atomic E-state index is 0.605. The molecule has 0 aliphatic carbocycles. The maximum absolute atomic E-state index is 12.1. The van der Waals surface area contributed by atoms with Crippen LogP contribution >= 0.6 is 0 Å². The van der Waals surface area contributed by atoms with E-state index in [0.717, 1.165) is 22.8 Å². The largest absolute Gasteiger partial charge is 0.497 e. The number of rotatable bonds is 6. The van der Waals surface area contributed by atoms with E-state index in [4.69, 9.17) is 4.74 Å². The third kappa shape index (κ3) is 4.12. The normalized spacial score (nSPS) is 15.3. The van der Waals surface area contributed by atoms with Crippen molar-refractivity contribution in [2.24, 2.45) is 0 Å². The number of fused-ring (bicyclic) bond motifs is 1. The molecule has 0 spiro atoms. The number of hydrogen-bond acceptors (Lipinski definition) is 6. The van der Waals surface area contributed by atoms with Crippen LogP contribution in [-0.2, 0) is 24.2 Å². The minimum Gasteiger partial charge on any atom is -0.497 e. The summed E-state index contributed by atoms with van der Waals surface area (Å²) in [6.45, 7) is 1.86. The van der Waals surface area contributed by atoms with Crippen molar-refractivity contribution in [2.45, 2.75) is 25.4 Å². The lowest BCUT2D eigenvalue weighted by Gasteiger charge is -2.27. The fourth-order valence-corrected chi connectivity index (χ4v) is 3.77. The quantitative estimate of drug-likeness (QED) is 0.684. The summed E-state index contributed by atoms with van der Waals surface area (Å²) < 4.78 is 7.30. The van der Waals surface area contributed by atoms with E-state index in [1.807, 2.05) is 35.4 Å². The maximum Gasteiger partial charge on any atom is 0.325 e. The van der Waals surface area contributed by atoms with Crippen molar-refractivity contribution >= 4 is 5.97 Å². The van der Waals surface area contributed by atoms with Crippen LogP contribution in [0.3, 0.4) is 0 Å². The van der Waals surface area contributed by atoms with Crippen LogP contribution in [0.1, 0.15) is 28.8 Å². The lowest BCUT2D eigenvalue weighted by Crippen LogP contribution is -2.36. The van der Waals surface area contributed by atoms with E-state index >= 15 is 0 Å². The Morgan fingerprint density at radius 1 is 1.17 bits per heavy atom. The van der Waals surface area contributed by atoms with Crippen LogP contribution in [0.4, 0.5) is 0 Å². The average molecular weight is 393 g/mol. The Morgan fingerprint density at radius 3 is 2.69 bits per heavy atom. The number of carbonyl (C=O) groups is 1. The molecule has 150 valence electrons. The molecule has 8 nitrogen and oxygen atoms in total. The zero-order valence-corrected chi connectivity index (χ0v) is 16.2. The lowest BCUT2D eigenvalue weighted by atomic mass is 10.0. The second-order valence-electron chi connectivity index (χ2n) is 7.02. The zero-order valence-electron chi connectivity index (χ0n) is 16.2. The molecule has 1 atom stereocenters. The number of benzene rings is 1. The molecule has 2 aromatic heterocycles. The van der Waals surface area contributed by atoms with Gasteiger partial charge in [0, 0.05) is 44.9 Å². The van der Waals surface area contributed by atoms with E-state index < -0.39 is 12.0 Å². The fourth-order valence-electron chi connectivity index (χ4n) is 3.77. The molecule has 1 aliphatic heterocycles. The van der Waals surface area contributed by atoms with Gasteiger partial charge < -0.3 is 14.4 Å². The monoisotopic (exact) mass is 393 g/mol. The highest BCUT2D eigenvalue weighted by molar-refractivity contribution is 5.75. The minimum atomic E-state index is -0.858. The van der Waals surface area contributed by atoms with E-state index in [1.54, 1.807) is 25.4 Å². The number of nitrogens with zero attached hydrogens (tertiary/aromatic N) is 5. The van der Waals surface area contributed by atoms with Gasteiger partial charge in [-0.1, -0.05) is 18.2 Å². The van der Waals surface area contributed by atoms with Gasteiger partial charge in [-0.2, -0.15) is 0 Å². The summed E-state index contributed by atoms with van der Waals surface area (Å²) in [6.07, 6.45) is 4.88. The Labute approximate surface area is 168 Å². The molecule has 0 saturated carbocycles. The van der Waals surface area contributed by atoms with Gasteiger partial charge in [-0.15, -0.1) is 10.2 Å². The third-order valence-electron chi connectivity index (χ3n) is 5.25. The molecule has 4 rings (SSSR count). The molecular weight excluding hydrogens is 370 g/mol. The Hall–Kier alpha value is -3.26. The lowest BCUT2D eigenvalue weighted by molar-refractivity contribution is -0.143. The van der Waals surface area contributed by atoms with Crippen molar-refractivity contribution in [2.75, 3.05) is 20.2 Å². The highest BCUT2D eigenvalue weighted by Crippen LogP contribution is 2.25. The van der Waals surface area contributed by atoms with E-state index in [9.17, 15) is 9.90 Å². The number of carboxylic acid groups (broad SMARTS) is 1. The predicted molar refractivity (Wildman–Crippen MR) is 106 cm³/mol. The number of aliphatic carboxylic acids is 1. The van der Waals surface area contributed by atoms with Crippen LogP contribution in [0.2, 0.25) is 0 Å². The second kappa shape index (κ2) is 8.40. The van der Waals surface area contributed by atoms with Gasteiger partial charge in [0.25, 0.3) is 0 Å². The maximum atomic E-state index is 12.1. The van der Waals surface area contributed by atoms with E-state index in [2.05, 4.69) is 19.7 Å². The van der Waals surface area contributed by atoms with Crippen LogP contribution in [-0.4, -0.2) is 55.9 Å². The Bertz CT molecular complexity index is 972. The first-order valence-corrected chi connectivity index (χ1v) is 9.56. The molecule has 0 bridgehead atoms. The Morgan fingerprint density at radius 2 is 2.00 bits per heavy atom. The van der Waals surface area contributed by atoms with Crippen LogP contribution < -0.4 is 4.74 Å². The van der Waals surface area contributed by atoms with Gasteiger partial charge in [0.2, 0.25) is 0 Å². The Kier molecular flexibility index (Phi) is 5.53. The first-order chi connectivity index (χ1) is 14.2. The second-order valence-corrected chi connectivity index (χ2v) is 7.02. The number of pyridine rings is 1. The van der Waals surface area contributed by atoms with Crippen molar-refractivity contribution in [3.63, 3.8) is 0 Å². The molecule has 1 unspecified atom stereocenters. The molecule has 8 heteroatoms. The first-order valence-electron chi connectivity index (χ1n) is 9.56. The van der Waals surface area contributed by atoms with Gasteiger partial charge in [-0.3, -0.25) is 14.7 Å². The number of ether oxygens (including phenoxy) is 1. The number of methoxy groups -OCH3 is 1. The summed E-state index contributed by atoms with van der Waals surface area (Å²) >= 11 is 0. The van der Waals surface area contributed by atoms with Gasteiger partial charge in [-0.25, -0.2) is 0 Å². The molecular formula is C21H23N5O3. The van der Waals surface area contributed by atoms with E-state index in [-0.39, 0.29) is 0 Å². The average Bonchev–Trinajstić information content (AvgIpc) is 2.99. The SMILES string of the molecule is COc1ccc(C(C(=O)O)N2CCc3nnc(Cc4cccnc4)n3CC2)cc1. The van der Waals surface area contributed by atoms with E-state index in [0.29, 0.717) is 38.2 Å². The zero-order chi connectivity index (χ0) is 20.2. The predicted octanol–water partition coefficient (Wildman–Crippen LogP) is 1.96. The smallest absolute Gasteiger partial charge is 0.325 e. The summed E-state index contributed by atoms with van der Waals surface area (Å²) in [6, 6.07) is 10.4. The van der Waals surface area contributed by atoms with Gasteiger partial charge in [0.05, 0.1) is 7.11 Å². The molecule has 3 heterocycles. The number of aromatic nitrogens is 4. The molecule has 1 aromatic carbocycles. The molecule has 29 heavy (non-hydrogen) atoms. The third-order valence-corrected chi connectivity index (χ3v) is 5.25. The summed E-state index contributed by atoms with van der Waals surface area (Å²) in [7, 11) is 1.59. The molecule has 0 radical (unpaired) electrons. The Balaban J connectivity index is 1.53. The number of hydrogen-bond donors (Lipinski definition) is 1. The summed E-state index contributed by atoms with van der Waals surface area (Å²) in [5, 5.41) is 18.6. The first kappa shape index (κ1) is 19.1. The van der Waals surface area contributed by atoms with Crippen LogP contribution in [0.5, 0.6) is 5.75 Å². The standard InChI is InChI=1S/C21H23N5O3/c1-29-17-6-4-16(5-7-17)20(21(27)28)25-10-8-18-23-24-19(26(18)12-11-25)13-15-3-2-9-22-14-15/h2-7,9,14,20H,8,10-13H2,1H3,(H,27,28). The van der Waals surface area contributed by atoms with Gasteiger partial charge >= 0.3 is 5.97 Å². The molecule has 1 aliphatic rings. The van der Waals surface area contributed by atoms with Gasteiger partial charge in [-0.05, 0) is 29.3 Å². The molecule has 0 amide bonds. The highest BCUT2D eigenvalue weighted by atomic mass is 16.5. The van der Waals surface area contributed by atoms with Crippen LogP contribution in [0.15, 0.2) is 48.8 Å². The molecule has 0 saturated heterocycles. The van der Waals surface area contributed by atoms with Crippen LogP contribution in [0, 0.1) is 0 Å². The van der Waals surface area contributed by atoms with Gasteiger partial charge in [0.15, 0.2) is 0 Å². The topological polar surface area (TPSA) is 93.4 Å². The van der Waals surface area contributed by atoms with Gasteiger partial charge in [0.1, 0.15) is 23.4 Å². The summed E-state index contributed by atoms with van der Waals surface area (Å²) in [5.41, 5.74) is 1.82. The number of carboxylic acids is 1. The molecule has 0 fully saturated rings. The van der Waals surface area contributed by atoms with Crippen molar-refractivity contribution in [1.29, 1.82) is 0 Å². The van der Waals surface area contributed by atoms with Crippen molar-refractivity contribution in [3.8, 4) is 5.75 Å².